The van der Waals surface area contributed by atoms with Crippen molar-refractivity contribution in [3.8, 4) is 5.75 Å². The molecule has 0 bridgehead atoms. The lowest BCUT2D eigenvalue weighted by Crippen LogP contribution is -2.05. The maximum Gasteiger partial charge on any atom is 0.173 e. The average Bonchev–Trinajstić information content (AvgIpc) is 2.67. The number of nitrogens with zero attached hydrogens (tertiary/aromatic N) is 1. The Morgan fingerprint density at radius 3 is 2.74 bits per heavy atom. The third-order valence-electron chi connectivity index (χ3n) is 2.85. The summed E-state index contributed by atoms with van der Waals surface area (Å²) in [5.41, 5.74) is 1.59. The Morgan fingerprint density at radius 2 is 2.16 bits per heavy atom. The van der Waals surface area contributed by atoms with Gasteiger partial charge in [0.1, 0.15) is 10.8 Å². The van der Waals surface area contributed by atoms with Crippen molar-refractivity contribution in [2.75, 3.05) is 7.11 Å². The molecule has 5 heteroatoms. The number of halogens is 1. The van der Waals surface area contributed by atoms with E-state index in [-0.39, 0.29) is 5.78 Å². The van der Waals surface area contributed by atoms with Gasteiger partial charge in [0, 0.05) is 9.35 Å². The number of carbonyl (C=O) groups excluding carboxylic acids is 1. The van der Waals surface area contributed by atoms with Gasteiger partial charge in [-0.3, -0.25) is 4.79 Å². The molecule has 19 heavy (non-hydrogen) atoms. The van der Waals surface area contributed by atoms with Crippen molar-refractivity contribution in [2.45, 2.75) is 20.3 Å². The highest BCUT2D eigenvalue weighted by Gasteiger charge is 2.15. The predicted octanol–water partition coefficient (Wildman–Crippen LogP) is 3.96. The van der Waals surface area contributed by atoms with Crippen LogP contribution in [0.15, 0.2) is 22.7 Å². The van der Waals surface area contributed by atoms with E-state index in [1.54, 1.807) is 30.6 Å². The lowest BCUT2D eigenvalue weighted by molar-refractivity contribution is 0.0990. The Bertz CT molecular complexity index is 602. The molecule has 0 aliphatic rings. The first-order valence-corrected chi connectivity index (χ1v) is 7.42. The van der Waals surface area contributed by atoms with Crippen LogP contribution in [-0.4, -0.2) is 17.9 Å². The number of aromatic nitrogens is 1. The number of aryl methyl sites for hydroxylation is 2. The molecular weight excluding hydrogens is 326 g/mol. The minimum absolute atomic E-state index is 0.0260. The summed E-state index contributed by atoms with van der Waals surface area (Å²) in [6.07, 6.45) is 0.317. The molecule has 0 saturated carbocycles. The normalized spacial score (nSPS) is 10.5. The lowest BCUT2D eigenvalue weighted by atomic mass is 10.1. The van der Waals surface area contributed by atoms with Crippen LogP contribution < -0.4 is 4.74 Å². The molecule has 0 aliphatic carbocycles. The molecular formula is C14H14BrNO2S. The first-order chi connectivity index (χ1) is 9.01. The van der Waals surface area contributed by atoms with E-state index in [9.17, 15) is 4.79 Å². The number of hydrogen-bond donors (Lipinski definition) is 0. The van der Waals surface area contributed by atoms with Crippen molar-refractivity contribution in [1.29, 1.82) is 0 Å². The summed E-state index contributed by atoms with van der Waals surface area (Å²) in [6.45, 7) is 3.97. The monoisotopic (exact) mass is 339 g/mol. The summed E-state index contributed by atoms with van der Waals surface area (Å²) in [4.78, 5) is 17.9. The zero-order valence-electron chi connectivity index (χ0n) is 11.0. The van der Waals surface area contributed by atoms with Gasteiger partial charge >= 0.3 is 0 Å². The maximum atomic E-state index is 12.3. The number of carbonyl (C=O) groups is 1. The standard InChI is InChI=1S/C14H14BrNO2S/c1-8-9(2)19-14(16-8)7-12(17)11-5-4-10(15)6-13(11)18-3/h4-6H,7H2,1-3H3. The van der Waals surface area contributed by atoms with Gasteiger partial charge in [0.25, 0.3) is 0 Å². The molecule has 0 N–H and O–H groups in total. The Labute approximate surface area is 124 Å². The highest BCUT2D eigenvalue weighted by Crippen LogP contribution is 2.26. The second-order valence-corrected chi connectivity index (χ2v) is 6.40. The van der Waals surface area contributed by atoms with Gasteiger partial charge in [0.15, 0.2) is 5.78 Å². The number of methoxy groups -OCH3 is 1. The van der Waals surface area contributed by atoms with Gasteiger partial charge in [-0.1, -0.05) is 15.9 Å². The van der Waals surface area contributed by atoms with E-state index in [4.69, 9.17) is 4.74 Å². The second-order valence-electron chi connectivity index (χ2n) is 4.19. The molecule has 2 rings (SSSR count). The predicted molar refractivity (Wildman–Crippen MR) is 80.3 cm³/mol. The van der Waals surface area contributed by atoms with Crippen LogP contribution in [-0.2, 0) is 6.42 Å². The molecule has 0 radical (unpaired) electrons. The summed E-state index contributed by atoms with van der Waals surface area (Å²) in [5.74, 6) is 0.613. The van der Waals surface area contributed by atoms with Crippen LogP contribution in [0.1, 0.15) is 25.9 Å². The van der Waals surface area contributed by atoms with Gasteiger partial charge in [-0.2, -0.15) is 0 Å². The molecule has 3 nitrogen and oxygen atoms in total. The quantitative estimate of drug-likeness (QED) is 0.791. The minimum atomic E-state index is 0.0260. The van der Waals surface area contributed by atoms with Crippen molar-refractivity contribution >= 4 is 33.0 Å². The van der Waals surface area contributed by atoms with Gasteiger partial charge < -0.3 is 4.74 Å². The fraction of sp³-hybridized carbons (Fsp3) is 0.286. The second kappa shape index (κ2) is 5.84. The zero-order valence-corrected chi connectivity index (χ0v) is 13.4. The Kier molecular flexibility index (Phi) is 4.37. The molecule has 0 amide bonds. The van der Waals surface area contributed by atoms with Crippen LogP contribution in [0.2, 0.25) is 0 Å². The third kappa shape index (κ3) is 3.22. The molecule has 100 valence electrons. The van der Waals surface area contributed by atoms with Gasteiger partial charge in [-0.05, 0) is 32.0 Å². The van der Waals surface area contributed by atoms with E-state index < -0.39 is 0 Å². The summed E-state index contributed by atoms with van der Waals surface area (Å²) in [6, 6.07) is 5.41. The van der Waals surface area contributed by atoms with Crippen molar-refractivity contribution < 1.29 is 9.53 Å². The van der Waals surface area contributed by atoms with Gasteiger partial charge in [-0.25, -0.2) is 4.98 Å². The maximum absolute atomic E-state index is 12.3. The number of benzene rings is 1. The van der Waals surface area contributed by atoms with Crippen LogP contribution >= 0.6 is 27.3 Å². The molecule has 1 aromatic heterocycles. The number of thiazole rings is 1. The van der Waals surface area contributed by atoms with Gasteiger partial charge in [0.2, 0.25) is 0 Å². The highest BCUT2D eigenvalue weighted by atomic mass is 79.9. The average molecular weight is 340 g/mol. The number of rotatable bonds is 4. The molecule has 2 aromatic rings. The molecule has 0 spiro atoms. The zero-order chi connectivity index (χ0) is 14.0. The Hall–Kier alpha value is -1.20. The molecule has 1 heterocycles. The van der Waals surface area contributed by atoms with Crippen LogP contribution in [0.25, 0.3) is 0 Å². The van der Waals surface area contributed by atoms with Crippen LogP contribution in [0.3, 0.4) is 0 Å². The molecule has 1 aromatic carbocycles. The van der Waals surface area contributed by atoms with E-state index in [0.717, 1.165) is 20.1 Å². The van der Waals surface area contributed by atoms with Crippen molar-refractivity contribution in [2.24, 2.45) is 0 Å². The molecule has 0 fully saturated rings. The minimum Gasteiger partial charge on any atom is -0.496 e. The Morgan fingerprint density at radius 1 is 1.42 bits per heavy atom. The van der Waals surface area contributed by atoms with E-state index in [1.165, 1.54) is 0 Å². The fourth-order valence-electron chi connectivity index (χ4n) is 1.74. The summed E-state index contributed by atoms with van der Waals surface area (Å²) in [7, 11) is 1.57. The van der Waals surface area contributed by atoms with E-state index in [2.05, 4.69) is 20.9 Å². The third-order valence-corrected chi connectivity index (χ3v) is 4.41. The van der Waals surface area contributed by atoms with Gasteiger partial charge in [0.05, 0.1) is 24.8 Å². The van der Waals surface area contributed by atoms with Crippen molar-refractivity contribution in [3.05, 3.63) is 43.8 Å². The number of Topliss-reactive ketones (excluding diaryl/α,β-unsaturated/α-hetero) is 1. The summed E-state index contributed by atoms with van der Waals surface area (Å²) in [5, 5.41) is 0.852. The van der Waals surface area contributed by atoms with Crippen molar-refractivity contribution in [3.63, 3.8) is 0 Å². The van der Waals surface area contributed by atoms with E-state index in [0.29, 0.717) is 17.7 Å². The summed E-state index contributed by atoms with van der Waals surface area (Å²) >= 11 is 4.94. The van der Waals surface area contributed by atoms with Crippen LogP contribution in [0.5, 0.6) is 5.75 Å². The van der Waals surface area contributed by atoms with Crippen molar-refractivity contribution in [1.82, 2.24) is 4.98 Å². The van der Waals surface area contributed by atoms with E-state index >= 15 is 0 Å². The smallest absolute Gasteiger partial charge is 0.173 e. The molecule has 0 atom stereocenters. The number of hydrogen-bond acceptors (Lipinski definition) is 4. The first-order valence-electron chi connectivity index (χ1n) is 5.81. The number of ether oxygens (including phenoxy) is 1. The van der Waals surface area contributed by atoms with Gasteiger partial charge in [-0.15, -0.1) is 11.3 Å². The first kappa shape index (κ1) is 14.2. The lowest BCUT2D eigenvalue weighted by Gasteiger charge is -2.07. The molecule has 0 saturated heterocycles. The molecule has 0 unspecified atom stereocenters. The topological polar surface area (TPSA) is 39.2 Å². The number of ketones is 1. The van der Waals surface area contributed by atoms with Crippen LogP contribution in [0.4, 0.5) is 0 Å². The highest BCUT2D eigenvalue weighted by molar-refractivity contribution is 9.10. The SMILES string of the molecule is COc1cc(Br)ccc1C(=O)Cc1nc(C)c(C)s1. The molecule has 0 aliphatic heterocycles. The Balaban J connectivity index is 2.24. The van der Waals surface area contributed by atoms with Crippen LogP contribution in [0, 0.1) is 13.8 Å². The van der Waals surface area contributed by atoms with E-state index in [1.807, 2.05) is 19.9 Å². The summed E-state index contributed by atoms with van der Waals surface area (Å²) < 4.78 is 6.14. The largest absolute Gasteiger partial charge is 0.496 e. The fourth-order valence-corrected chi connectivity index (χ4v) is 3.02.